The number of anilines is 3. The lowest BCUT2D eigenvalue weighted by Crippen LogP contribution is -2.48. The van der Waals surface area contributed by atoms with Crippen LogP contribution < -0.4 is 20.7 Å². The molecule has 0 saturated carbocycles. The van der Waals surface area contributed by atoms with Crippen molar-refractivity contribution in [3.63, 3.8) is 0 Å². The second kappa shape index (κ2) is 8.12. The molecule has 5 rings (SSSR count). The number of hydrogen-bond acceptors (Lipinski definition) is 6. The van der Waals surface area contributed by atoms with E-state index in [0.29, 0.717) is 36.1 Å². The Hall–Kier alpha value is -3.52. The molecule has 2 aliphatic heterocycles. The number of carbonyl (C=O) groups excluding carboxylic acids is 1. The molecule has 2 aliphatic rings. The number of nitrogens with one attached hydrogen (secondary N) is 1. The summed E-state index contributed by atoms with van der Waals surface area (Å²) in [7, 11) is 0. The number of rotatable bonds is 4. The van der Waals surface area contributed by atoms with Gasteiger partial charge >= 0.3 is 0 Å². The summed E-state index contributed by atoms with van der Waals surface area (Å²) in [6, 6.07) is 12.2. The van der Waals surface area contributed by atoms with Crippen LogP contribution in [0.5, 0.6) is 5.75 Å². The average Bonchev–Trinajstić information content (AvgIpc) is 3.11. The molecule has 1 amide bonds. The predicted molar refractivity (Wildman–Crippen MR) is 125 cm³/mol. The van der Waals surface area contributed by atoms with Gasteiger partial charge in [-0.2, -0.15) is 0 Å². The molecule has 3 N–H and O–H groups in total. The summed E-state index contributed by atoms with van der Waals surface area (Å²) in [6.07, 6.45) is 3.25. The van der Waals surface area contributed by atoms with E-state index in [0.717, 1.165) is 29.8 Å². The predicted octanol–water partition coefficient (Wildman–Crippen LogP) is 4.15. The minimum Gasteiger partial charge on any atom is -0.489 e. The summed E-state index contributed by atoms with van der Waals surface area (Å²) >= 11 is 0. The number of piperidine rings is 1. The first-order chi connectivity index (χ1) is 15.8. The van der Waals surface area contributed by atoms with Crippen LogP contribution in [0.15, 0.2) is 48.7 Å². The Kier molecular flexibility index (Phi) is 5.25. The SMILES string of the molecule is CC1(C)COc2c(F)cc(-c3ccnc(Nc4ccc(N5CCCC(N)C5=O)cc4)n3)cc21. The van der Waals surface area contributed by atoms with Crippen molar-refractivity contribution >= 4 is 23.2 Å². The molecule has 1 aromatic heterocycles. The first-order valence-electron chi connectivity index (χ1n) is 11.1. The molecule has 170 valence electrons. The van der Waals surface area contributed by atoms with E-state index in [9.17, 15) is 9.18 Å². The number of aromatic nitrogens is 2. The third-order valence-corrected chi connectivity index (χ3v) is 6.22. The molecule has 1 atom stereocenters. The fourth-order valence-electron chi connectivity index (χ4n) is 4.31. The molecule has 0 aliphatic carbocycles. The van der Waals surface area contributed by atoms with E-state index in [4.69, 9.17) is 10.5 Å². The number of fused-ring (bicyclic) bond motifs is 1. The Balaban J connectivity index is 1.37. The molecule has 33 heavy (non-hydrogen) atoms. The van der Waals surface area contributed by atoms with Crippen molar-refractivity contribution in [3.05, 3.63) is 60.0 Å². The van der Waals surface area contributed by atoms with Crippen molar-refractivity contribution < 1.29 is 13.9 Å². The number of nitrogens with zero attached hydrogens (tertiary/aromatic N) is 3. The first kappa shape index (κ1) is 21.3. The molecule has 3 aromatic rings. The molecule has 2 aromatic carbocycles. The van der Waals surface area contributed by atoms with Crippen LogP contribution in [0.25, 0.3) is 11.3 Å². The standard InChI is InChI=1S/C25H26FN5O2/c1-25(2)14-33-22-18(25)12-15(13-19(22)26)21-9-10-28-24(30-21)29-16-5-7-17(8-6-16)31-11-3-4-20(27)23(31)32/h5-10,12-13,20H,3-4,11,14,27H2,1-2H3,(H,28,29,30). The van der Waals surface area contributed by atoms with Gasteiger partial charge in [0.25, 0.3) is 0 Å². The number of amides is 1. The highest BCUT2D eigenvalue weighted by atomic mass is 19.1. The van der Waals surface area contributed by atoms with Crippen LogP contribution in [0, 0.1) is 5.82 Å². The van der Waals surface area contributed by atoms with E-state index in [1.54, 1.807) is 17.2 Å². The maximum Gasteiger partial charge on any atom is 0.243 e. The summed E-state index contributed by atoms with van der Waals surface area (Å²) in [5.74, 6) is 0.286. The van der Waals surface area contributed by atoms with Crippen molar-refractivity contribution in [1.82, 2.24) is 9.97 Å². The molecule has 1 unspecified atom stereocenters. The zero-order valence-electron chi connectivity index (χ0n) is 18.6. The molecule has 0 radical (unpaired) electrons. The van der Waals surface area contributed by atoms with E-state index in [-0.39, 0.29) is 17.1 Å². The largest absolute Gasteiger partial charge is 0.489 e. The summed E-state index contributed by atoms with van der Waals surface area (Å²) in [5.41, 5.74) is 9.36. The number of benzene rings is 2. The van der Waals surface area contributed by atoms with Gasteiger partial charge in [0.2, 0.25) is 11.9 Å². The van der Waals surface area contributed by atoms with Crippen LogP contribution >= 0.6 is 0 Å². The van der Waals surface area contributed by atoms with E-state index in [1.807, 2.05) is 44.2 Å². The molecular weight excluding hydrogens is 421 g/mol. The highest BCUT2D eigenvalue weighted by Gasteiger charge is 2.34. The van der Waals surface area contributed by atoms with Crippen molar-refractivity contribution in [2.45, 2.75) is 38.1 Å². The molecular formula is C25H26FN5O2. The molecule has 0 spiro atoms. The highest BCUT2D eigenvalue weighted by molar-refractivity contribution is 5.97. The smallest absolute Gasteiger partial charge is 0.243 e. The number of hydrogen-bond donors (Lipinski definition) is 2. The summed E-state index contributed by atoms with van der Waals surface area (Å²) in [4.78, 5) is 22.9. The fourth-order valence-corrected chi connectivity index (χ4v) is 4.31. The number of carbonyl (C=O) groups is 1. The maximum atomic E-state index is 14.7. The molecule has 0 bridgehead atoms. The second-order valence-electron chi connectivity index (χ2n) is 9.18. The van der Waals surface area contributed by atoms with Crippen LogP contribution in [0.3, 0.4) is 0 Å². The molecule has 3 heterocycles. The van der Waals surface area contributed by atoms with Crippen molar-refractivity contribution in [1.29, 1.82) is 0 Å². The lowest BCUT2D eigenvalue weighted by molar-refractivity contribution is -0.120. The Bertz CT molecular complexity index is 1210. The van der Waals surface area contributed by atoms with Crippen LogP contribution in [0.2, 0.25) is 0 Å². The van der Waals surface area contributed by atoms with E-state index in [2.05, 4.69) is 15.3 Å². The van der Waals surface area contributed by atoms with Gasteiger partial charge in [-0.25, -0.2) is 14.4 Å². The first-order valence-corrected chi connectivity index (χ1v) is 11.1. The Morgan fingerprint density at radius 3 is 2.79 bits per heavy atom. The number of ether oxygens (including phenoxy) is 1. The average molecular weight is 448 g/mol. The van der Waals surface area contributed by atoms with Crippen molar-refractivity contribution in [2.75, 3.05) is 23.4 Å². The quantitative estimate of drug-likeness (QED) is 0.624. The molecule has 8 heteroatoms. The van der Waals surface area contributed by atoms with Crippen molar-refractivity contribution in [3.8, 4) is 17.0 Å². The lowest BCUT2D eigenvalue weighted by Gasteiger charge is -2.30. The summed E-state index contributed by atoms with van der Waals surface area (Å²) < 4.78 is 20.2. The Labute approximate surface area is 191 Å². The molecule has 1 saturated heterocycles. The van der Waals surface area contributed by atoms with Gasteiger partial charge < -0.3 is 20.7 Å². The zero-order chi connectivity index (χ0) is 23.2. The minimum absolute atomic E-state index is 0.0480. The zero-order valence-corrected chi connectivity index (χ0v) is 18.6. The number of halogens is 1. The van der Waals surface area contributed by atoms with Crippen LogP contribution in [0.1, 0.15) is 32.3 Å². The third-order valence-electron chi connectivity index (χ3n) is 6.22. The molecule has 7 nitrogen and oxygen atoms in total. The summed E-state index contributed by atoms with van der Waals surface area (Å²) in [5, 5.41) is 3.18. The minimum atomic E-state index is -0.436. The van der Waals surface area contributed by atoms with Crippen LogP contribution in [0.4, 0.5) is 21.7 Å². The van der Waals surface area contributed by atoms with Gasteiger partial charge in [-0.05, 0) is 55.3 Å². The van der Waals surface area contributed by atoms with E-state index >= 15 is 0 Å². The van der Waals surface area contributed by atoms with Gasteiger partial charge in [-0.3, -0.25) is 4.79 Å². The Morgan fingerprint density at radius 2 is 2.00 bits per heavy atom. The maximum absolute atomic E-state index is 14.7. The van der Waals surface area contributed by atoms with Crippen LogP contribution in [-0.4, -0.2) is 35.1 Å². The number of nitrogens with two attached hydrogens (primary N) is 1. The topological polar surface area (TPSA) is 93.4 Å². The second-order valence-corrected chi connectivity index (χ2v) is 9.18. The van der Waals surface area contributed by atoms with E-state index < -0.39 is 6.04 Å². The fraction of sp³-hybridized carbons (Fsp3) is 0.320. The van der Waals surface area contributed by atoms with Gasteiger partial charge in [0, 0.05) is 40.7 Å². The van der Waals surface area contributed by atoms with Gasteiger partial charge in [0.1, 0.15) is 0 Å². The van der Waals surface area contributed by atoms with Crippen LogP contribution in [-0.2, 0) is 10.2 Å². The third kappa shape index (κ3) is 4.02. The Morgan fingerprint density at radius 1 is 1.21 bits per heavy atom. The highest BCUT2D eigenvalue weighted by Crippen LogP contribution is 2.42. The summed E-state index contributed by atoms with van der Waals surface area (Å²) in [6.45, 7) is 5.18. The lowest BCUT2D eigenvalue weighted by atomic mass is 9.86. The monoisotopic (exact) mass is 447 g/mol. The van der Waals surface area contributed by atoms with Gasteiger partial charge in [-0.15, -0.1) is 0 Å². The van der Waals surface area contributed by atoms with Gasteiger partial charge in [0.05, 0.1) is 18.3 Å². The van der Waals surface area contributed by atoms with Gasteiger partial charge in [0.15, 0.2) is 11.6 Å². The normalized spacial score (nSPS) is 19.2. The van der Waals surface area contributed by atoms with Crippen molar-refractivity contribution in [2.24, 2.45) is 5.73 Å². The van der Waals surface area contributed by atoms with Gasteiger partial charge in [-0.1, -0.05) is 13.8 Å². The van der Waals surface area contributed by atoms with E-state index in [1.165, 1.54) is 6.07 Å². The molecule has 1 fully saturated rings.